The van der Waals surface area contributed by atoms with Crippen molar-refractivity contribution in [2.45, 2.75) is 26.7 Å². The first-order valence-corrected chi connectivity index (χ1v) is 7.82. The van der Waals surface area contributed by atoms with Gasteiger partial charge in [-0.15, -0.1) is 0 Å². The van der Waals surface area contributed by atoms with Gasteiger partial charge in [0, 0.05) is 19.6 Å². The van der Waals surface area contributed by atoms with E-state index in [9.17, 15) is 4.79 Å². The van der Waals surface area contributed by atoms with Crippen LogP contribution >= 0.6 is 0 Å². The molecule has 0 saturated carbocycles. The molecule has 7 heteroatoms. The molecule has 2 aromatic rings. The highest BCUT2D eigenvalue weighted by molar-refractivity contribution is 5.84. The number of aromatic nitrogens is 4. The quantitative estimate of drug-likeness (QED) is 0.890. The lowest BCUT2D eigenvalue weighted by Gasteiger charge is -2.33. The number of amides is 1. The fraction of sp³-hybridized carbons (Fsp3) is 0.600. The number of carbonyl (C=O) groups excluding carboxylic acids is 1. The molecule has 0 bridgehead atoms. The molecule has 3 rings (SSSR count). The van der Waals surface area contributed by atoms with Gasteiger partial charge in [0.05, 0.1) is 12.2 Å². The third-order valence-corrected chi connectivity index (χ3v) is 3.98. The molecule has 2 N–H and O–H groups in total. The van der Waals surface area contributed by atoms with Crippen molar-refractivity contribution in [2.24, 2.45) is 11.8 Å². The Morgan fingerprint density at radius 2 is 2.32 bits per heavy atom. The van der Waals surface area contributed by atoms with Crippen LogP contribution in [0.15, 0.2) is 12.7 Å². The summed E-state index contributed by atoms with van der Waals surface area (Å²) < 4.78 is 0. The van der Waals surface area contributed by atoms with E-state index in [2.05, 4.69) is 44.0 Å². The van der Waals surface area contributed by atoms with Gasteiger partial charge < -0.3 is 15.2 Å². The number of hydrogen-bond acceptors (Lipinski definition) is 5. The molecule has 0 aliphatic carbocycles. The Hall–Kier alpha value is -2.18. The maximum atomic E-state index is 12.3. The zero-order chi connectivity index (χ0) is 15.5. The van der Waals surface area contributed by atoms with E-state index in [1.807, 2.05) is 0 Å². The second-order valence-electron chi connectivity index (χ2n) is 6.22. The number of aromatic amines is 1. The zero-order valence-corrected chi connectivity index (χ0v) is 13.0. The van der Waals surface area contributed by atoms with E-state index in [0.717, 1.165) is 37.3 Å². The van der Waals surface area contributed by atoms with E-state index in [-0.39, 0.29) is 11.8 Å². The second kappa shape index (κ2) is 6.29. The van der Waals surface area contributed by atoms with Crippen LogP contribution in [-0.4, -0.2) is 45.5 Å². The minimum atomic E-state index is 0.0143. The Kier molecular flexibility index (Phi) is 4.22. The number of piperidine rings is 1. The van der Waals surface area contributed by atoms with Crippen LogP contribution in [0.1, 0.15) is 26.7 Å². The van der Waals surface area contributed by atoms with E-state index in [1.54, 1.807) is 6.33 Å². The summed E-state index contributed by atoms with van der Waals surface area (Å²) in [5.74, 6) is 1.47. The number of imidazole rings is 1. The second-order valence-corrected chi connectivity index (χ2v) is 6.22. The highest BCUT2D eigenvalue weighted by atomic mass is 16.1. The number of nitrogens with one attached hydrogen (secondary N) is 2. The first-order chi connectivity index (χ1) is 10.6. The molecule has 1 saturated heterocycles. The summed E-state index contributed by atoms with van der Waals surface area (Å²) in [5, 5.41) is 3.04. The minimum Gasteiger partial charge on any atom is -0.356 e. The fourth-order valence-electron chi connectivity index (χ4n) is 2.82. The summed E-state index contributed by atoms with van der Waals surface area (Å²) in [6.07, 6.45) is 5.07. The number of anilines is 1. The van der Waals surface area contributed by atoms with Gasteiger partial charge >= 0.3 is 0 Å². The van der Waals surface area contributed by atoms with Crippen LogP contribution in [0.3, 0.4) is 0 Å². The van der Waals surface area contributed by atoms with E-state index >= 15 is 0 Å². The Labute approximate surface area is 129 Å². The smallest absolute Gasteiger partial charge is 0.224 e. The molecule has 0 aromatic carbocycles. The molecule has 1 unspecified atom stereocenters. The summed E-state index contributed by atoms with van der Waals surface area (Å²) in [5.41, 5.74) is 1.50. The van der Waals surface area contributed by atoms with Gasteiger partial charge in [0.2, 0.25) is 5.91 Å². The molecule has 3 heterocycles. The van der Waals surface area contributed by atoms with E-state index in [4.69, 9.17) is 0 Å². The van der Waals surface area contributed by atoms with Gasteiger partial charge in [0.25, 0.3) is 0 Å². The van der Waals surface area contributed by atoms with Gasteiger partial charge in [-0.3, -0.25) is 4.79 Å². The summed E-state index contributed by atoms with van der Waals surface area (Å²) in [6.45, 7) is 6.52. The Bertz CT molecular complexity index is 652. The molecule has 1 atom stereocenters. The molecule has 0 spiro atoms. The number of H-pyrrole nitrogens is 1. The molecule has 118 valence electrons. The number of carbonyl (C=O) groups is 1. The Morgan fingerprint density at radius 1 is 1.45 bits per heavy atom. The standard InChI is InChI=1S/C15H22N6O/c1-10(2)6-16-15(22)11-4-3-5-21(7-11)14-12-13(18-8-17-12)19-9-20-14/h8-11H,3-7H2,1-2H3,(H,16,22)(H,17,18,19,20). The van der Waals surface area contributed by atoms with Gasteiger partial charge in [0.15, 0.2) is 11.5 Å². The van der Waals surface area contributed by atoms with Crippen LogP contribution < -0.4 is 10.2 Å². The van der Waals surface area contributed by atoms with Crippen molar-refractivity contribution in [3.63, 3.8) is 0 Å². The average Bonchev–Trinajstić information content (AvgIpc) is 3.01. The maximum Gasteiger partial charge on any atom is 0.224 e. The Morgan fingerprint density at radius 3 is 3.14 bits per heavy atom. The molecular weight excluding hydrogens is 280 g/mol. The van der Waals surface area contributed by atoms with Crippen molar-refractivity contribution >= 4 is 22.9 Å². The largest absolute Gasteiger partial charge is 0.356 e. The van der Waals surface area contributed by atoms with Gasteiger partial charge in [0.1, 0.15) is 11.8 Å². The van der Waals surface area contributed by atoms with Crippen LogP contribution in [0.5, 0.6) is 0 Å². The summed E-state index contributed by atoms with van der Waals surface area (Å²) in [6, 6.07) is 0. The molecule has 1 aliphatic heterocycles. The first kappa shape index (κ1) is 14.7. The fourth-order valence-corrected chi connectivity index (χ4v) is 2.82. The molecule has 1 aliphatic rings. The first-order valence-electron chi connectivity index (χ1n) is 7.82. The van der Waals surface area contributed by atoms with Crippen LogP contribution in [0, 0.1) is 11.8 Å². The molecule has 1 amide bonds. The van der Waals surface area contributed by atoms with Gasteiger partial charge in [-0.1, -0.05) is 13.8 Å². The van der Waals surface area contributed by atoms with E-state index < -0.39 is 0 Å². The predicted octanol–water partition coefficient (Wildman–Crippen LogP) is 1.34. The average molecular weight is 302 g/mol. The SMILES string of the molecule is CC(C)CNC(=O)C1CCCN(c2ncnc3nc[nH]c23)C1. The van der Waals surface area contributed by atoms with Crippen LogP contribution in [0.4, 0.5) is 5.82 Å². The topological polar surface area (TPSA) is 86.8 Å². The third kappa shape index (κ3) is 3.03. The number of nitrogens with zero attached hydrogens (tertiary/aromatic N) is 4. The maximum absolute atomic E-state index is 12.3. The van der Waals surface area contributed by atoms with Crippen molar-refractivity contribution in [3.8, 4) is 0 Å². The number of fused-ring (bicyclic) bond motifs is 1. The lowest BCUT2D eigenvalue weighted by Crippen LogP contribution is -2.44. The predicted molar refractivity (Wildman–Crippen MR) is 84.5 cm³/mol. The van der Waals surface area contributed by atoms with Crippen molar-refractivity contribution in [2.75, 3.05) is 24.5 Å². The summed E-state index contributed by atoms with van der Waals surface area (Å²) in [4.78, 5) is 30.2. The van der Waals surface area contributed by atoms with Crippen LogP contribution in [0.25, 0.3) is 11.2 Å². The minimum absolute atomic E-state index is 0.0143. The van der Waals surface area contributed by atoms with Crippen molar-refractivity contribution in [1.82, 2.24) is 25.3 Å². The summed E-state index contributed by atoms with van der Waals surface area (Å²) >= 11 is 0. The van der Waals surface area contributed by atoms with Crippen molar-refractivity contribution in [1.29, 1.82) is 0 Å². The zero-order valence-electron chi connectivity index (χ0n) is 13.0. The van der Waals surface area contributed by atoms with E-state index in [1.165, 1.54) is 6.33 Å². The van der Waals surface area contributed by atoms with E-state index in [0.29, 0.717) is 18.1 Å². The lowest BCUT2D eigenvalue weighted by molar-refractivity contribution is -0.125. The molecule has 22 heavy (non-hydrogen) atoms. The molecule has 1 fully saturated rings. The molecule has 7 nitrogen and oxygen atoms in total. The normalized spacial score (nSPS) is 18.9. The lowest BCUT2D eigenvalue weighted by atomic mass is 9.97. The molecular formula is C15H22N6O. The van der Waals surface area contributed by atoms with Crippen LogP contribution in [0.2, 0.25) is 0 Å². The van der Waals surface area contributed by atoms with Crippen molar-refractivity contribution in [3.05, 3.63) is 12.7 Å². The monoisotopic (exact) mass is 302 g/mol. The molecule has 2 aromatic heterocycles. The van der Waals surface area contributed by atoms with Gasteiger partial charge in [-0.2, -0.15) is 0 Å². The van der Waals surface area contributed by atoms with Gasteiger partial charge in [-0.25, -0.2) is 15.0 Å². The third-order valence-electron chi connectivity index (χ3n) is 3.98. The van der Waals surface area contributed by atoms with Gasteiger partial charge in [-0.05, 0) is 18.8 Å². The van der Waals surface area contributed by atoms with Crippen LogP contribution in [-0.2, 0) is 4.79 Å². The Balaban J connectivity index is 1.73. The summed E-state index contributed by atoms with van der Waals surface area (Å²) in [7, 11) is 0. The number of hydrogen-bond donors (Lipinski definition) is 2. The van der Waals surface area contributed by atoms with Crippen molar-refractivity contribution < 1.29 is 4.79 Å². The number of rotatable bonds is 4. The highest BCUT2D eigenvalue weighted by Crippen LogP contribution is 2.25. The highest BCUT2D eigenvalue weighted by Gasteiger charge is 2.27. The molecule has 0 radical (unpaired) electrons.